The molecule has 29 heavy (non-hydrogen) atoms. The minimum absolute atomic E-state index is 0.263. The van der Waals surface area contributed by atoms with E-state index in [1.54, 1.807) is 36.3 Å². The molecule has 0 radical (unpaired) electrons. The highest BCUT2D eigenvalue weighted by Crippen LogP contribution is 2.30. The number of hydrogen-bond donors (Lipinski definition) is 2. The summed E-state index contributed by atoms with van der Waals surface area (Å²) in [7, 11) is 1.59. The van der Waals surface area contributed by atoms with Crippen molar-refractivity contribution in [2.75, 3.05) is 44.9 Å². The van der Waals surface area contributed by atoms with Crippen LogP contribution in [0.15, 0.2) is 36.4 Å². The van der Waals surface area contributed by atoms with Crippen LogP contribution in [0, 0.1) is 5.82 Å². The van der Waals surface area contributed by atoms with Gasteiger partial charge in [-0.3, -0.25) is 14.5 Å². The predicted molar refractivity (Wildman–Crippen MR) is 106 cm³/mol. The number of anilines is 1. The number of piperazine rings is 1. The van der Waals surface area contributed by atoms with Gasteiger partial charge in [0.25, 0.3) is 5.78 Å². The maximum Gasteiger partial charge on any atom is 0.303 e. The number of methoxy groups -OCH3 is 1. The molecular formula is C21H23ClFN3O3+2. The van der Waals surface area contributed by atoms with Crippen molar-refractivity contribution in [3.05, 3.63) is 58.4 Å². The van der Waals surface area contributed by atoms with Crippen LogP contribution in [0.25, 0.3) is 0 Å². The molecule has 2 N–H and O–H groups in total. The standard InChI is InChI=1S/C21H21ClFN3O3/c1-29-19-5-3-16(23)10-14(19)12-24-6-8-25(9-7-24)13-26-18-4-2-15(22)11-17(18)20(27)21(26)28/h2-5,10-11H,6-9,12-13H2,1H3/p+2. The molecule has 2 aliphatic heterocycles. The molecule has 4 rings (SSSR count). The van der Waals surface area contributed by atoms with Crippen molar-refractivity contribution in [1.29, 1.82) is 0 Å². The van der Waals surface area contributed by atoms with E-state index in [-0.39, 0.29) is 5.82 Å². The molecular weight excluding hydrogens is 397 g/mol. The van der Waals surface area contributed by atoms with E-state index < -0.39 is 11.7 Å². The first kappa shape index (κ1) is 19.8. The minimum atomic E-state index is -0.496. The third-order valence-corrected chi connectivity index (χ3v) is 5.90. The quantitative estimate of drug-likeness (QED) is 0.669. The van der Waals surface area contributed by atoms with Crippen LogP contribution in [0.5, 0.6) is 5.75 Å². The zero-order valence-corrected chi connectivity index (χ0v) is 16.9. The third-order valence-electron chi connectivity index (χ3n) is 5.66. The summed E-state index contributed by atoms with van der Waals surface area (Å²) < 4.78 is 18.9. The van der Waals surface area contributed by atoms with Gasteiger partial charge in [-0.05, 0) is 36.4 Å². The van der Waals surface area contributed by atoms with Crippen LogP contribution in [0.3, 0.4) is 0 Å². The maximum absolute atomic E-state index is 13.6. The number of Topliss-reactive ketones (excluding diaryl/α,β-unsaturated/α-hetero) is 1. The largest absolute Gasteiger partial charge is 0.496 e. The van der Waals surface area contributed by atoms with Gasteiger partial charge in [0.2, 0.25) is 0 Å². The second-order valence-electron chi connectivity index (χ2n) is 7.51. The maximum atomic E-state index is 13.6. The van der Waals surface area contributed by atoms with Crippen LogP contribution in [0.1, 0.15) is 15.9 Å². The Balaban J connectivity index is 1.38. The molecule has 0 aromatic heterocycles. The van der Waals surface area contributed by atoms with Gasteiger partial charge in [-0.15, -0.1) is 0 Å². The minimum Gasteiger partial charge on any atom is -0.496 e. The molecule has 2 aromatic rings. The zero-order valence-electron chi connectivity index (χ0n) is 16.1. The zero-order chi connectivity index (χ0) is 20.5. The first-order valence-corrected chi connectivity index (χ1v) is 9.99. The van der Waals surface area contributed by atoms with Crippen molar-refractivity contribution in [2.24, 2.45) is 0 Å². The van der Waals surface area contributed by atoms with E-state index in [0.717, 1.165) is 31.7 Å². The summed E-state index contributed by atoms with van der Waals surface area (Å²) in [6.07, 6.45) is 0. The summed E-state index contributed by atoms with van der Waals surface area (Å²) >= 11 is 5.97. The second kappa shape index (κ2) is 8.10. The lowest BCUT2D eigenvalue weighted by molar-refractivity contribution is -1.02. The number of benzene rings is 2. The third kappa shape index (κ3) is 3.99. The lowest BCUT2D eigenvalue weighted by Gasteiger charge is -2.32. The van der Waals surface area contributed by atoms with E-state index >= 15 is 0 Å². The number of quaternary nitrogens is 2. The molecule has 152 valence electrons. The number of nitrogens with one attached hydrogen (secondary N) is 2. The van der Waals surface area contributed by atoms with Gasteiger partial charge >= 0.3 is 5.91 Å². The van der Waals surface area contributed by atoms with E-state index in [4.69, 9.17) is 16.3 Å². The molecule has 1 saturated heterocycles. The van der Waals surface area contributed by atoms with Crippen LogP contribution in [0.4, 0.5) is 10.1 Å². The van der Waals surface area contributed by atoms with Gasteiger partial charge in [0.15, 0.2) is 6.67 Å². The van der Waals surface area contributed by atoms with Crippen molar-refractivity contribution >= 4 is 29.0 Å². The molecule has 6 nitrogen and oxygen atoms in total. The summed E-state index contributed by atoms with van der Waals surface area (Å²) in [5, 5.41) is 0.448. The van der Waals surface area contributed by atoms with Crippen molar-refractivity contribution in [3.8, 4) is 5.75 Å². The number of halogens is 2. The molecule has 0 saturated carbocycles. The number of ether oxygens (including phenoxy) is 1. The van der Waals surface area contributed by atoms with Gasteiger partial charge < -0.3 is 14.5 Å². The van der Waals surface area contributed by atoms with Crippen LogP contribution in [-0.4, -0.2) is 51.6 Å². The van der Waals surface area contributed by atoms with Crippen LogP contribution < -0.4 is 19.4 Å². The molecule has 8 heteroatoms. The van der Waals surface area contributed by atoms with Gasteiger partial charge in [-0.2, -0.15) is 0 Å². The fourth-order valence-electron chi connectivity index (χ4n) is 4.10. The Morgan fingerprint density at radius 2 is 1.79 bits per heavy atom. The van der Waals surface area contributed by atoms with E-state index in [9.17, 15) is 14.0 Å². The number of fused-ring (bicyclic) bond motifs is 1. The Kier molecular flexibility index (Phi) is 5.54. The topological polar surface area (TPSA) is 55.5 Å². The fourth-order valence-corrected chi connectivity index (χ4v) is 4.27. The molecule has 2 aromatic carbocycles. The van der Waals surface area contributed by atoms with Gasteiger partial charge in [-0.25, -0.2) is 4.39 Å². The molecule has 0 spiro atoms. The highest BCUT2D eigenvalue weighted by molar-refractivity contribution is 6.52. The Morgan fingerprint density at radius 3 is 2.52 bits per heavy atom. The Bertz CT molecular complexity index is 960. The molecule has 1 amide bonds. The second-order valence-corrected chi connectivity index (χ2v) is 7.95. The summed E-state index contributed by atoms with van der Waals surface area (Å²) in [6.45, 7) is 4.63. The Hall–Kier alpha value is -2.48. The number of rotatable bonds is 5. The smallest absolute Gasteiger partial charge is 0.303 e. The fraction of sp³-hybridized carbons (Fsp3) is 0.333. The molecule has 0 unspecified atom stereocenters. The number of carbonyl (C=O) groups is 2. The van der Waals surface area contributed by atoms with Crippen LogP contribution in [0.2, 0.25) is 5.02 Å². The summed E-state index contributed by atoms with van der Waals surface area (Å²) in [6, 6.07) is 9.58. The van der Waals surface area contributed by atoms with Crippen molar-refractivity contribution < 1.29 is 28.5 Å². The first-order chi connectivity index (χ1) is 14.0. The predicted octanol–water partition coefficient (Wildman–Crippen LogP) is -0.0419. The van der Waals surface area contributed by atoms with E-state index in [0.29, 0.717) is 35.2 Å². The normalized spacial score (nSPS) is 21.4. The van der Waals surface area contributed by atoms with Gasteiger partial charge in [0.05, 0.1) is 23.9 Å². The number of carbonyl (C=O) groups excluding carboxylic acids is 2. The Morgan fingerprint density at radius 1 is 1.07 bits per heavy atom. The summed E-state index contributed by atoms with van der Waals surface area (Å²) in [5.74, 6) is -0.552. The highest BCUT2D eigenvalue weighted by Gasteiger charge is 2.38. The average Bonchev–Trinajstić information content (AvgIpc) is 2.94. The van der Waals surface area contributed by atoms with Crippen LogP contribution in [-0.2, 0) is 11.3 Å². The number of amides is 1. The molecule has 0 bridgehead atoms. The molecule has 0 aliphatic carbocycles. The van der Waals surface area contributed by atoms with Gasteiger partial charge in [0, 0.05) is 5.02 Å². The summed E-state index contributed by atoms with van der Waals surface area (Å²) in [4.78, 5) is 28.8. The van der Waals surface area contributed by atoms with Gasteiger partial charge in [-0.1, -0.05) is 11.6 Å². The van der Waals surface area contributed by atoms with E-state index in [1.165, 1.54) is 21.9 Å². The first-order valence-electron chi connectivity index (χ1n) is 9.61. The SMILES string of the molecule is COc1ccc(F)cc1C[NH+]1CC[NH+](CN2C(=O)C(=O)c3cc(Cl)ccc32)CC1. The monoisotopic (exact) mass is 419 g/mol. The lowest BCUT2D eigenvalue weighted by atomic mass is 10.1. The molecule has 0 atom stereocenters. The lowest BCUT2D eigenvalue weighted by Crippen LogP contribution is -3.28. The van der Waals surface area contributed by atoms with Crippen molar-refractivity contribution in [3.63, 3.8) is 0 Å². The number of ketones is 1. The van der Waals surface area contributed by atoms with Crippen molar-refractivity contribution in [1.82, 2.24) is 0 Å². The average molecular weight is 420 g/mol. The molecule has 2 aliphatic rings. The number of hydrogen-bond acceptors (Lipinski definition) is 3. The van der Waals surface area contributed by atoms with E-state index in [2.05, 4.69) is 0 Å². The van der Waals surface area contributed by atoms with E-state index in [1.807, 2.05) is 0 Å². The van der Waals surface area contributed by atoms with Crippen molar-refractivity contribution in [2.45, 2.75) is 6.54 Å². The number of nitrogens with zero attached hydrogens (tertiary/aromatic N) is 1. The van der Waals surface area contributed by atoms with Crippen LogP contribution >= 0.6 is 11.6 Å². The molecule has 1 fully saturated rings. The van der Waals surface area contributed by atoms with Gasteiger partial charge in [0.1, 0.15) is 44.3 Å². The molecule has 2 heterocycles. The summed E-state index contributed by atoms with van der Waals surface area (Å²) in [5.41, 5.74) is 1.87. The highest BCUT2D eigenvalue weighted by atomic mass is 35.5. The Labute approximate surface area is 173 Å².